The fourth-order valence-electron chi connectivity index (χ4n) is 0.297. The molecule has 11 heavy (non-hydrogen) atoms. The first kappa shape index (κ1) is 3.09. The normalized spacial score (nSPS) is 29.1. The molecule has 0 bridgehead atoms. The van der Waals surface area contributed by atoms with Crippen molar-refractivity contribution in [3.8, 4) is 0 Å². The molecule has 0 aromatic carbocycles. The average molecular weight is 193 g/mol. The van der Waals surface area contributed by atoms with Gasteiger partial charge in [0.2, 0.25) is 0 Å². The highest BCUT2D eigenvalue weighted by atomic mass is 31.2. The Morgan fingerprint density at radius 3 is 2.45 bits per heavy atom. The molecule has 0 aliphatic carbocycles. The molecule has 6 heteroatoms. The maximum absolute atomic E-state index is 10.5. The Balaban J connectivity index is 5.64. The summed E-state index contributed by atoms with van der Waals surface area (Å²) in [6, 6.07) is 0. The zero-order chi connectivity index (χ0) is 16.6. The summed E-state index contributed by atoms with van der Waals surface area (Å²) >= 11 is 0. The lowest BCUT2D eigenvalue weighted by Gasteiger charge is -2.23. The summed E-state index contributed by atoms with van der Waals surface area (Å²) < 4.78 is 77.1. The summed E-state index contributed by atoms with van der Waals surface area (Å²) in [5.74, 6) is 0. The quantitative estimate of drug-likeness (QED) is 0.479. The smallest absolute Gasteiger partial charge is 0.329 e. The van der Waals surface area contributed by atoms with Gasteiger partial charge in [0.05, 0.1) is 33.3 Å². The molecule has 68 valence electrons. The highest BCUT2D eigenvalue weighted by Crippen LogP contribution is 2.35. The van der Waals surface area contributed by atoms with E-state index >= 15 is 0 Å². The Morgan fingerprint density at radius 2 is 2.09 bits per heavy atom. The summed E-state index contributed by atoms with van der Waals surface area (Å²) in [6.07, 6.45) is 0. The molecule has 5 nitrogen and oxygen atoms in total. The van der Waals surface area contributed by atoms with Crippen LogP contribution in [0.25, 0.3) is 0 Å². The number of nitrogens with zero attached hydrogens (tertiary/aromatic N) is 1. The largest absolute Gasteiger partial charge is 0.469 e. The van der Waals surface area contributed by atoms with Crippen molar-refractivity contribution in [3.63, 3.8) is 0 Å². The van der Waals surface area contributed by atoms with Crippen LogP contribution < -0.4 is 0 Å². The first-order valence-electron chi connectivity index (χ1n) is 7.04. The molecule has 0 atom stereocenters. The van der Waals surface area contributed by atoms with Crippen molar-refractivity contribution < 1.29 is 35.7 Å². The van der Waals surface area contributed by atoms with Crippen LogP contribution in [0.2, 0.25) is 0 Å². The number of hydrogen-bond donors (Lipinski definition) is 2. The van der Waals surface area contributed by atoms with Gasteiger partial charge in [-0.15, -0.1) is 0 Å². The van der Waals surface area contributed by atoms with E-state index in [1.54, 1.807) is 0 Å². The number of likely N-dealkylation sites (N-methyl/N-ethyl adjacent to an activating group) is 1. The van der Waals surface area contributed by atoms with Crippen molar-refractivity contribution in [3.05, 3.63) is 0 Å². The van der Waals surface area contributed by atoms with Gasteiger partial charge in [-0.05, 0) is 0 Å². The van der Waals surface area contributed by atoms with E-state index < -0.39 is 46.4 Å². The van der Waals surface area contributed by atoms with Crippen molar-refractivity contribution in [2.45, 2.75) is 0 Å². The molecule has 0 unspecified atom stereocenters. The van der Waals surface area contributed by atoms with Crippen LogP contribution in [0, 0.1) is 0 Å². The van der Waals surface area contributed by atoms with Crippen LogP contribution >= 0.6 is 7.82 Å². The molecule has 0 aliphatic heterocycles. The van der Waals surface area contributed by atoms with Gasteiger partial charge in [-0.3, -0.25) is 4.52 Å². The minimum Gasteiger partial charge on any atom is -0.329 e. The maximum Gasteiger partial charge on any atom is 0.469 e. The molecule has 0 spiro atoms. The summed E-state index contributed by atoms with van der Waals surface area (Å²) in [7, 11) is -4.97. The summed E-state index contributed by atoms with van der Waals surface area (Å²) in [5.41, 5.74) is 0. The zero-order valence-electron chi connectivity index (χ0n) is 14.5. The Labute approximate surface area is 79.1 Å². The van der Waals surface area contributed by atoms with Gasteiger partial charge in [-0.1, -0.05) is 0 Å². The molecule has 0 rings (SSSR count). The standard InChI is InChI=1S/C5H14NO4P/c1-6(2,3)4-5-10-11(7,8)9/h4-5H2,1-3H3,(H-,7,8,9)/p+1/i1D3,2D3,3D3. The van der Waals surface area contributed by atoms with Gasteiger partial charge in [0.25, 0.3) is 0 Å². The van der Waals surface area contributed by atoms with Crippen molar-refractivity contribution >= 4 is 7.82 Å². The maximum atomic E-state index is 10.5. The van der Waals surface area contributed by atoms with Gasteiger partial charge >= 0.3 is 7.82 Å². The van der Waals surface area contributed by atoms with E-state index in [0.29, 0.717) is 0 Å². The van der Waals surface area contributed by atoms with Crippen LogP contribution in [0.1, 0.15) is 12.3 Å². The third kappa shape index (κ3) is 10.1. The Hall–Kier alpha value is 0.0700. The first-order valence-corrected chi connectivity index (χ1v) is 4.07. The van der Waals surface area contributed by atoms with Crippen molar-refractivity contribution in [2.75, 3.05) is 34.1 Å². The molecule has 0 saturated carbocycles. The molecule has 0 saturated heterocycles. The number of rotatable bonds is 4. The van der Waals surface area contributed by atoms with E-state index in [9.17, 15) is 4.57 Å². The summed E-state index contributed by atoms with van der Waals surface area (Å²) in [4.78, 5) is 17.0. The second-order valence-electron chi connectivity index (χ2n) is 1.86. The van der Waals surface area contributed by atoms with Crippen molar-refractivity contribution in [1.29, 1.82) is 0 Å². The van der Waals surface area contributed by atoms with E-state index in [-0.39, 0.29) is 0 Å². The molecule has 0 aromatic rings. The minimum absolute atomic E-state index is 1.04. The third-order valence-electron chi connectivity index (χ3n) is 0.686. The van der Waals surface area contributed by atoms with Gasteiger partial charge in [0, 0.05) is 0 Å². The number of hydrogen-bond acceptors (Lipinski definition) is 2. The fraction of sp³-hybridized carbons (Fsp3) is 1.00. The Morgan fingerprint density at radius 1 is 1.55 bits per heavy atom. The van der Waals surface area contributed by atoms with Crippen LogP contribution in [0.15, 0.2) is 0 Å². The summed E-state index contributed by atoms with van der Waals surface area (Å²) in [6.45, 7) is -12.6. The average Bonchev–Trinajstić information content (AvgIpc) is 2.03. The van der Waals surface area contributed by atoms with E-state index in [1.165, 1.54) is 0 Å². The molecular weight excluding hydrogens is 169 g/mol. The third-order valence-corrected chi connectivity index (χ3v) is 1.21. The topological polar surface area (TPSA) is 66.8 Å². The summed E-state index contributed by atoms with van der Waals surface area (Å²) in [5, 5.41) is 0. The molecule has 0 amide bonds. The minimum atomic E-state index is -4.97. The van der Waals surface area contributed by atoms with Gasteiger partial charge in [-0.25, -0.2) is 4.57 Å². The van der Waals surface area contributed by atoms with E-state index in [4.69, 9.17) is 22.1 Å². The number of phosphoric ester groups is 1. The SMILES string of the molecule is [2H]C([2H])([2H])[N+](CCOP(=O)(O)O)(C([2H])([2H])[2H])C([2H])([2H])[2H]. The molecule has 2 N–H and O–H groups in total. The molecule has 0 radical (unpaired) electrons. The lowest BCUT2D eigenvalue weighted by atomic mass is 10.5. The van der Waals surface area contributed by atoms with Gasteiger partial charge in [0.1, 0.15) is 13.2 Å². The lowest BCUT2D eigenvalue weighted by Crippen LogP contribution is -2.37. The van der Waals surface area contributed by atoms with Crippen LogP contribution in [0.5, 0.6) is 0 Å². The zero-order valence-corrected chi connectivity index (χ0v) is 6.41. The van der Waals surface area contributed by atoms with Gasteiger partial charge in [-0.2, -0.15) is 0 Å². The van der Waals surface area contributed by atoms with Crippen LogP contribution in [-0.4, -0.2) is 48.3 Å². The molecule has 0 fully saturated rings. The molecular formula is C5H15NO4P+. The Bertz CT molecular complexity index is 345. The van der Waals surface area contributed by atoms with Crippen LogP contribution in [-0.2, 0) is 9.09 Å². The van der Waals surface area contributed by atoms with E-state index in [0.717, 1.165) is 0 Å². The second-order valence-corrected chi connectivity index (χ2v) is 3.10. The molecule has 0 aliphatic rings. The Kier molecular flexibility index (Phi) is 1.02. The monoisotopic (exact) mass is 193 g/mol. The van der Waals surface area contributed by atoms with E-state index in [2.05, 4.69) is 4.52 Å². The first-order chi connectivity index (χ1) is 8.46. The molecule has 0 heterocycles. The predicted octanol–water partition coefficient (Wildman–Crippen LogP) is -0.198. The lowest BCUT2D eigenvalue weighted by molar-refractivity contribution is -0.870. The van der Waals surface area contributed by atoms with Crippen molar-refractivity contribution in [2.24, 2.45) is 0 Å². The number of quaternary nitrogens is 1. The van der Waals surface area contributed by atoms with Crippen molar-refractivity contribution in [1.82, 2.24) is 0 Å². The predicted molar refractivity (Wildman–Crippen MR) is 40.9 cm³/mol. The van der Waals surface area contributed by atoms with Crippen LogP contribution in [0.3, 0.4) is 0 Å². The van der Waals surface area contributed by atoms with Gasteiger partial charge in [0.15, 0.2) is 0 Å². The fourth-order valence-corrected chi connectivity index (χ4v) is 0.616. The number of phosphoric acid groups is 1. The van der Waals surface area contributed by atoms with E-state index in [1.807, 2.05) is 0 Å². The molecule has 0 aromatic heterocycles. The highest BCUT2D eigenvalue weighted by Gasteiger charge is 2.15. The highest BCUT2D eigenvalue weighted by molar-refractivity contribution is 7.46. The van der Waals surface area contributed by atoms with Crippen LogP contribution in [0.4, 0.5) is 0 Å². The second kappa shape index (κ2) is 3.65. The van der Waals surface area contributed by atoms with Gasteiger partial charge < -0.3 is 14.3 Å².